The van der Waals surface area contributed by atoms with Crippen molar-refractivity contribution in [2.45, 2.75) is 70.2 Å². The zero-order valence-electron chi connectivity index (χ0n) is 16.6. The molecule has 0 saturated carbocycles. The number of benzene rings is 2. The van der Waals surface area contributed by atoms with E-state index in [-0.39, 0.29) is 0 Å². The Morgan fingerprint density at radius 1 is 0.828 bits per heavy atom. The Balaban J connectivity index is 0.000000447. The molecule has 2 rings (SSSR count). The molecule has 0 unspecified atom stereocenters. The topological polar surface area (TPSA) is 74.6 Å². The second-order valence-electron chi connectivity index (χ2n) is 7.01. The van der Waals surface area contributed by atoms with Crippen molar-refractivity contribution in [1.29, 1.82) is 0 Å². The zero-order chi connectivity index (χ0) is 21.9. The summed E-state index contributed by atoms with van der Waals surface area (Å²) in [6.07, 6.45) is 12.1. The van der Waals surface area contributed by atoms with E-state index in [2.05, 4.69) is 25.1 Å². The number of hydrogen-bond acceptors (Lipinski definition) is 3. The molecule has 0 spiro atoms. The third-order valence-corrected chi connectivity index (χ3v) is 5.08. The van der Waals surface area contributed by atoms with E-state index < -0.39 is 15.6 Å². The van der Waals surface area contributed by atoms with E-state index in [0.717, 1.165) is 5.39 Å². The van der Waals surface area contributed by atoms with E-state index in [9.17, 15) is 18.3 Å². The molecular formula is C21H29F3O4S. The van der Waals surface area contributed by atoms with E-state index in [1.807, 2.05) is 12.1 Å². The van der Waals surface area contributed by atoms with Gasteiger partial charge < -0.3 is 5.11 Å². The van der Waals surface area contributed by atoms with Crippen LogP contribution in [0.25, 0.3) is 10.8 Å². The van der Waals surface area contributed by atoms with Crippen LogP contribution < -0.4 is 0 Å². The van der Waals surface area contributed by atoms with E-state index in [4.69, 9.17) is 13.0 Å². The molecular weight excluding hydrogens is 405 g/mol. The quantitative estimate of drug-likeness (QED) is 0.264. The minimum absolute atomic E-state index is 0.346. The molecule has 2 aromatic rings. The second kappa shape index (κ2) is 12.0. The molecule has 0 aliphatic carbocycles. The van der Waals surface area contributed by atoms with E-state index in [1.54, 1.807) is 6.07 Å². The van der Waals surface area contributed by atoms with Gasteiger partial charge in [0.1, 0.15) is 5.75 Å². The first-order valence-electron chi connectivity index (χ1n) is 9.80. The molecule has 164 valence electrons. The van der Waals surface area contributed by atoms with Crippen molar-refractivity contribution in [1.82, 2.24) is 0 Å². The summed E-state index contributed by atoms with van der Waals surface area (Å²) in [7, 11) is -5.84. The molecule has 0 aromatic heterocycles. The highest BCUT2D eigenvalue weighted by molar-refractivity contribution is 7.86. The van der Waals surface area contributed by atoms with Crippen molar-refractivity contribution in [2.24, 2.45) is 0 Å². The summed E-state index contributed by atoms with van der Waals surface area (Å²) < 4.78 is 57.5. The number of alkyl halides is 3. The molecule has 4 nitrogen and oxygen atoms in total. The molecule has 0 aliphatic heterocycles. The van der Waals surface area contributed by atoms with Crippen LogP contribution in [0.15, 0.2) is 36.4 Å². The SMILES string of the molecule is CCCCCCCCCCc1ccc2cc(O)ccc2c1.O=S(=O)(O)C(F)(F)F. The van der Waals surface area contributed by atoms with E-state index in [1.165, 1.54) is 68.7 Å². The van der Waals surface area contributed by atoms with Gasteiger partial charge in [0, 0.05) is 0 Å². The van der Waals surface area contributed by atoms with Gasteiger partial charge in [0.25, 0.3) is 0 Å². The van der Waals surface area contributed by atoms with Gasteiger partial charge in [0.05, 0.1) is 0 Å². The number of phenols is 1. The first-order chi connectivity index (χ1) is 13.5. The Hall–Kier alpha value is -1.80. The van der Waals surface area contributed by atoms with Crippen LogP contribution >= 0.6 is 0 Å². The second-order valence-corrected chi connectivity index (χ2v) is 8.42. The third-order valence-electron chi connectivity index (χ3n) is 4.50. The number of phenolic OH excluding ortho intramolecular Hbond substituents is 1. The van der Waals surface area contributed by atoms with Crippen LogP contribution in [0.3, 0.4) is 0 Å². The first-order valence-corrected chi connectivity index (χ1v) is 11.2. The van der Waals surface area contributed by atoms with Crippen LogP contribution in [0, 0.1) is 0 Å². The number of hydrogen-bond donors (Lipinski definition) is 2. The summed E-state index contributed by atoms with van der Waals surface area (Å²) in [5.74, 6) is 0.346. The lowest BCUT2D eigenvalue weighted by Crippen LogP contribution is -2.21. The minimum atomic E-state index is -5.84. The Morgan fingerprint density at radius 2 is 1.31 bits per heavy atom. The predicted molar refractivity (Wildman–Crippen MR) is 110 cm³/mol. The molecule has 0 amide bonds. The van der Waals surface area contributed by atoms with Gasteiger partial charge in [-0.05, 0) is 41.3 Å². The highest BCUT2D eigenvalue weighted by atomic mass is 32.2. The molecule has 8 heteroatoms. The van der Waals surface area contributed by atoms with Crippen molar-refractivity contribution >= 4 is 20.9 Å². The number of halogens is 3. The fraction of sp³-hybridized carbons (Fsp3) is 0.524. The number of unbranched alkanes of at least 4 members (excludes halogenated alkanes) is 7. The van der Waals surface area contributed by atoms with Gasteiger partial charge in [0.15, 0.2) is 0 Å². The zero-order valence-corrected chi connectivity index (χ0v) is 17.4. The normalized spacial score (nSPS) is 11.9. The number of fused-ring (bicyclic) bond motifs is 1. The Labute approximate surface area is 170 Å². The van der Waals surface area contributed by atoms with E-state index >= 15 is 0 Å². The monoisotopic (exact) mass is 434 g/mol. The van der Waals surface area contributed by atoms with Gasteiger partial charge in [-0.2, -0.15) is 21.6 Å². The van der Waals surface area contributed by atoms with Crippen LogP contribution in [0.2, 0.25) is 0 Å². The Kier molecular flexibility index (Phi) is 10.5. The number of aromatic hydroxyl groups is 1. The van der Waals surface area contributed by atoms with Crippen LogP contribution in [0.5, 0.6) is 5.75 Å². The van der Waals surface area contributed by atoms with Gasteiger partial charge in [-0.25, -0.2) is 0 Å². The van der Waals surface area contributed by atoms with Crippen molar-refractivity contribution in [3.05, 3.63) is 42.0 Å². The largest absolute Gasteiger partial charge is 0.522 e. The lowest BCUT2D eigenvalue weighted by molar-refractivity contribution is -0.0510. The maximum Gasteiger partial charge on any atom is 0.522 e. The van der Waals surface area contributed by atoms with Gasteiger partial charge >= 0.3 is 15.6 Å². The van der Waals surface area contributed by atoms with Crippen LogP contribution in [-0.4, -0.2) is 23.6 Å². The molecule has 2 aromatic carbocycles. The standard InChI is InChI=1S/C20H28O.CHF3O3S/c1-2-3-4-5-6-7-8-9-10-17-11-12-19-16-20(21)14-13-18(19)15-17;2-1(3,4)8(5,6)7/h11-16,21H,2-10H2,1H3;(H,5,6,7). The van der Waals surface area contributed by atoms with Gasteiger partial charge in [-0.3, -0.25) is 4.55 Å². The smallest absolute Gasteiger partial charge is 0.508 e. The molecule has 0 saturated heterocycles. The summed E-state index contributed by atoms with van der Waals surface area (Å²) in [6, 6.07) is 12.2. The van der Waals surface area contributed by atoms with Crippen molar-refractivity contribution in [2.75, 3.05) is 0 Å². The summed E-state index contributed by atoms with van der Waals surface area (Å²) in [6.45, 7) is 2.27. The minimum Gasteiger partial charge on any atom is -0.508 e. The third kappa shape index (κ3) is 9.99. The molecule has 0 radical (unpaired) electrons. The van der Waals surface area contributed by atoms with Crippen LogP contribution in [0.1, 0.15) is 63.9 Å². The van der Waals surface area contributed by atoms with Gasteiger partial charge in [0.2, 0.25) is 0 Å². The lowest BCUT2D eigenvalue weighted by Gasteiger charge is -2.05. The number of aryl methyl sites for hydroxylation is 1. The first kappa shape index (κ1) is 25.2. The highest BCUT2D eigenvalue weighted by Crippen LogP contribution is 2.22. The van der Waals surface area contributed by atoms with E-state index in [0.29, 0.717) is 5.75 Å². The van der Waals surface area contributed by atoms with Crippen molar-refractivity contribution in [3.63, 3.8) is 0 Å². The van der Waals surface area contributed by atoms with Crippen LogP contribution in [0.4, 0.5) is 13.2 Å². The summed E-state index contributed by atoms with van der Waals surface area (Å²) in [4.78, 5) is 0. The lowest BCUT2D eigenvalue weighted by atomic mass is 10.0. The molecule has 0 bridgehead atoms. The highest BCUT2D eigenvalue weighted by Gasteiger charge is 2.44. The summed E-state index contributed by atoms with van der Waals surface area (Å²) in [5.41, 5.74) is -4.12. The fourth-order valence-corrected chi connectivity index (χ4v) is 2.90. The number of rotatable bonds is 9. The van der Waals surface area contributed by atoms with Crippen LogP contribution in [-0.2, 0) is 16.5 Å². The predicted octanol–water partition coefficient (Wildman–Crippen LogP) is 6.62. The summed E-state index contributed by atoms with van der Waals surface area (Å²) in [5, 5.41) is 11.8. The summed E-state index contributed by atoms with van der Waals surface area (Å²) >= 11 is 0. The van der Waals surface area contributed by atoms with Gasteiger partial charge in [-0.15, -0.1) is 0 Å². The molecule has 0 aliphatic rings. The Bertz CT molecular complexity index is 849. The maximum atomic E-state index is 10.7. The average molecular weight is 435 g/mol. The average Bonchev–Trinajstić information content (AvgIpc) is 2.63. The molecule has 0 atom stereocenters. The fourth-order valence-electron chi connectivity index (χ4n) is 2.90. The molecule has 0 fully saturated rings. The Morgan fingerprint density at radius 3 is 1.86 bits per heavy atom. The maximum absolute atomic E-state index is 10.7. The van der Waals surface area contributed by atoms with Crippen molar-refractivity contribution < 1.29 is 31.2 Å². The van der Waals surface area contributed by atoms with Crippen molar-refractivity contribution in [3.8, 4) is 5.75 Å². The molecule has 0 heterocycles. The van der Waals surface area contributed by atoms with Gasteiger partial charge in [-0.1, -0.05) is 76.1 Å². The molecule has 2 N–H and O–H groups in total. The molecule has 29 heavy (non-hydrogen) atoms.